The monoisotopic (exact) mass is 372 g/mol. The smallest absolute Gasteiger partial charge is 0.257 e. The molecule has 0 spiro atoms. The topological polar surface area (TPSA) is 60.5 Å². The van der Waals surface area contributed by atoms with E-state index in [-0.39, 0.29) is 5.91 Å². The maximum atomic E-state index is 12.4. The number of benzene rings is 2. The van der Waals surface area contributed by atoms with Crippen molar-refractivity contribution in [3.05, 3.63) is 58.4 Å². The number of hydrogen-bond acceptors (Lipinski definition) is 5. The van der Waals surface area contributed by atoms with Crippen LogP contribution in [0.1, 0.15) is 10.4 Å². The lowest BCUT2D eigenvalue weighted by Gasteiger charge is -2.18. The first-order valence-electron chi connectivity index (χ1n) is 7.61. The van der Waals surface area contributed by atoms with Crippen molar-refractivity contribution >= 4 is 34.0 Å². The van der Waals surface area contributed by atoms with Crippen LogP contribution < -0.4 is 14.8 Å². The number of rotatable bonds is 3. The van der Waals surface area contributed by atoms with Crippen LogP contribution >= 0.6 is 22.9 Å². The maximum absolute atomic E-state index is 12.4. The molecule has 1 aliphatic rings. The highest BCUT2D eigenvalue weighted by Crippen LogP contribution is 2.31. The molecule has 1 aromatic heterocycles. The standard InChI is InChI=1S/C18H13ClN2O3S/c19-13-4-1-11(2-5-13)14-10-25-18(20-14)21-17(22)12-3-6-15-16(9-12)24-8-7-23-15/h1-6,9-10H,7-8H2,(H,20,21,22). The van der Waals surface area contributed by atoms with Gasteiger partial charge in [-0.2, -0.15) is 0 Å². The number of carbonyl (C=O) groups is 1. The summed E-state index contributed by atoms with van der Waals surface area (Å²) >= 11 is 7.27. The fourth-order valence-electron chi connectivity index (χ4n) is 2.44. The Balaban J connectivity index is 1.50. The van der Waals surface area contributed by atoms with E-state index in [1.54, 1.807) is 18.2 Å². The Hall–Kier alpha value is -2.57. The van der Waals surface area contributed by atoms with Gasteiger partial charge in [0, 0.05) is 21.5 Å². The minimum atomic E-state index is -0.242. The second kappa shape index (κ2) is 6.74. The number of anilines is 1. The molecule has 0 aliphatic carbocycles. The maximum Gasteiger partial charge on any atom is 0.257 e. The van der Waals surface area contributed by atoms with Crippen LogP contribution in [0.5, 0.6) is 11.5 Å². The van der Waals surface area contributed by atoms with Crippen LogP contribution in [0.15, 0.2) is 47.8 Å². The highest BCUT2D eigenvalue weighted by Gasteiger charge is 2.16. The minimum Gasteiger partial charge on any atom is -0.486 e. The summed E-state index contributed by atoms with van der Waals surface area (Å²) in [5.74, 6) is 0.996. The number of fused-ring (bicyclic) bond motifs is 1. The van der Waals surface area contributed by atoms with Crippen LogP contribution in [0.2, 0.25) is 5.02 Å². The molecule has 3 aromatic rings. The summed E-state index contributed by atoms with van der Waals surface area (Å²) in [4.78, 5) is 16.9. The van der Waals surface area contributed by atoms with E-state index in [2.05, 4.69) is 10.3 Å². The third kappa shape index (κ3) is 3.45. The van der Waals surface area contributed by atoms with Gasteiger partial charge in [-0.25, -0.2) is 4.98 Å². The molecule has 0 saturated heterocycles. The van der Waals surface area contributed by atoms with E-state index in [4.69, 9.17) is 21.1 Å². The number of aromatic nitrogens is 1. The van der Waals surface area contributed by atoms with Crippen LogP contribution in [-0.4, -0.2) is 24.1 Å². The van der Waals surface area contributed by atoms with Gasteiger partial charge >= 0.3 is 0 Å². The normalized spacial score (nSPS) is 12.7. The zero-order chi connectivity index (χ0) is 17.2. The molecule has 7 heteroatoms. The van der Waals surface area contributed by atoms with Gasteiger partial charge in [-0.05, 0) is 30.3 Å². The summed E-state index contributed by atoms with van der Waals surface area (Å²) in [6.07, 6.45) is 0. The molecule has 2 heterocycles. The average molecular weight is 373 g/mol. The molecular formula is C18H13ClN2O3S. The third-order valence-electron chi connectivity index (χ3n) is 3.67. The molecule has 5 nitrogen and oxygen atoms in total. The SMILES string of the molecule is O=C(Nc1nc(-c2ccc(Cl)cc2)cs1)c1ccc2c(c1)OCCO2. The van der Waals surface area contributed by atoms with E-state index in [1.165, 1.54) is 11.3 Å². The molecule has 4 rings (SSSR count). The molecule has 25 heavy (non-hydrogen) atoms. The van der Waals surface area contributed by atoms with Crippen molar-refractivity contribution in [1.82, 2.24) is 4.98 Å². The number of nitrogens with one attached hydrogen (secondary N) is 1. The predicted octanol–water partition coefficient (Wildman–Crippen LogP) is 4.49. The zero-order valence-electron chi connectivity index (χ0n) is 13.0. The second-order valence-corrected chi connectivity index (χ2v) is 6.65. The molecule has 0 atom stereocenters. The van der Waals surface area contributed by atoms with E-state index >= 15 is 0 Å². The van der Waals surface area contributed by atoms with Gasteiger partial charge in [0.2, 0.25) is 0 Å². The molecule has 126 valence electrons. The fourth-order valence-corrected chi connectivity index (χ4v) is 3.28. The van der Waals surface area contributed by atoms with E-state index in [9.17, 15) is 4.79 Å². The Morgan fingerprint density at radius 1 is 1.08 bits per heavy atom. The molecular weight excluding hydrogens is 360 g/mol. The van der Waals surface area contributed by atoms with Crippen molar-refractivity contribution in [2.75, 3.05) is 18.5 Å². The first kappa shape index (κ1) is 15.9. The van der Waals surface area contributed by atoms with Crippen LogP contribution in [0, 0.1) is 0 Å². The van der Waals surface area contributed by atoms with E-state index in [1.807, 2.05) is 29.6 Å². The van der Waals surface area contributed by atoms with E-state index < -0.39 is 0 Å². The number of halogens is 1. The third-order valence-corrected chi connectivity index (χ3v) is 4.68. The molecule has 1 N–H and O–H groups in total. The Morgan fingerprint density at radius 2 is 1.84 bits per heavy atom. The molecule has 0 saturated carbocycles. The molecule has 0 bridgehead atoms. The largest absolute Gasteiger partial charge is 0.486 e. The number of carbonyl (C=O) groups excluding carboxylic acids is 1. The average Bonchev–Trinajstić information content (AvgIpc) is 3.10. The van der Waals surface area contributed by atoms with Crippen LogP contribution in [0.25, 0.3) is 11.3 Å². The van der Waals surface area contributed by atoms with Crippen LogP contribution in [-0.2, 0) is 0 Å². The van der Waals surface area contributed by atoms with E-state index in [0.717, 1.165) is 11.3 Å². The number of thiazole rings is 1. The highest BCUT2D eigenvalue weighted by atomic mass is 35.5. The number of ether oxygens (including phenoxy) is 2. The van der Waals surface area contributed by atoms with Crippen molar-refractivity contribution in [1.29, 1.82) is 0 Å². The summed E-state index contributed by atoms with van der Waals surface area (Å²) in [6.45, 7) is 1.00. The Bertz CT molecular complexity index is 924. The van der Waals surface area contributed by atoms with Crippen molar-refractivity contribution in [3.63, 3.8) is 0 Å². The van der Waals surface area contributed by atoms with Crippen molar-refractivity contribution < 1.29 is 14.3 Å². The molecule has 1 amide bonds. The van der Waals surface area contributed by atoms with Crippen LogP contribution in [0.4, 0.5) is 5.13 Å². The summed E-state index contributed by atoms with van der Waals surface area (Å²) < 4.78 is 11.0. The van der Waals surface area contributed by atoms with E-state index in [0.29, 0.717) is 40.4 Å². The Kier molecular flexibility index (Phi) is 4.29. The van der Waals surface area contributed by atoms with Gasteiger partial charge in [-0.3, -0.25) is 10.1 Å². The fraction of sp³-hybridized carbons (Fsp3) is 0.111. The summed E-state index contributed by atoms with van der Waals surface area (Å²) in [5.41, 5.74) is 2.23. The molecule has 1 aliphatic heterocycles. The summed E-state index contributed by atoms with van der Waals surface area (Å²) in [5, 5.41) is 5.91. The van der Waals surface area contributed by atoms with Gasteiger partial charge in [-0.1, -0.05) is 23.7 Å². The van der Waals surface area contributed by atoms with Crippen molar-refractivity contribution in [2.24, 2.45) is 0 Å². The number of nitrogens with zero attached hydrogens (tertiary/aromatic N) is 1. The lowest BCUT2D eigenvalue weighted by Crippen LogP contribution is -2.17. The van der Waals surface area contributed by atoms with Crippen molar-refractivity contribution in [3.8, 4) is 22.8 Å². The van der Waals surface area contributed by atoms with Gasteiger partial charge in [0.25, 0.3) is 5.91 Å². The number of amides is 1. The minimum absolute atomic E-state index is 0.242. The second-order valence-electron chi connectivity index (χ2n) is 5.36. The summed E-state index contributed by atoms with van der Waals surface area (Å²) in [7, 11) is 0. The zero-order valence-corrected chi connectivity index (χ0v) is 14.6. The molecule has 0 fully saturated rings. The first-order chi connectivity index (χ1) is 12.2. The van der Waals surface area contributed by atoms with Gasteiger partial charge in [0.15, 0.2) is 16.6 Å². The van der Waals surface area contributed by atoms with Gasteiger partial charge in [0.1, 0.15) is 13.2 Å². The quantitative estimate of drug-likeness (QED) is 0.736. The van der Waals surface area contributed by atoms with Crippen molar-refractivity contribution in [2.45, 2.75) is 0 Å². The van der Waals surface area contributed by atoms with Gasteiger partial charge in [-0.15, -0.1) is 11.3 Å². The Morgan fingerprint density at radius 3 is 2.64 bits per heavy atom. The van der Waals surface area contributed by atoms with Gasteiger partial charge in [0.05, 0.1) is 5.69 Å². The molecule has 0 unspecified atom stereocenters. The summed E-state index contributed by atoms with van der Waals surface area (Å²) in [6, 6.07) is 12.5. The lowest BCUT2D eigenvalue weighted by atomic mass is 10.2. The molecule has 2 aromatic carbocycles. The molecule has 0 radical (unpaired) electrons. The van der Waals surface area contributed by atoms with Crippen LogP contribution in [0.3, 0.4) is 0 Å². The van der Waals surface area contributed by atoms with Gasteiger partial charge < -0.3 is 9.47 Å². The predicted molar refractivity (Wildman–Crippen MR) is 97.9 cm³/mol. The number of hydrogen-bond donors (Lipinski definition) is 1. The Labute approximate surface area is 153 Å². The highest BCUT2D eigenvalue weighted by molar-refractivity contribution is 7.14. The first-order valence-corrected chi connectivity index (χ1v) is 8.87. The lowest BCUT2D eigenvalue weighted by molar-refractivity contribution is 0.102.